The molecule has 0 saturated heterocycles. The predicted molar refractivity (Wildman–Crippen MR) is 118 cm³/mol. The third-order valence-corrected chi connectivity index (χ3v) is 6.27. The third kappa shape index (κ3) is 5.96. The molecule has 0 aliphatic carbocycles. The zero-order chi connectivity index (χ0) is 21.9. The van der Waals surface area contributed by atoms with Crippen molar-refractivity contribution >= 4 is 55.9 Å². The van der Waals surface area contributed by atoms with E-state index in [1.54, 1.807) is 7.05 Å². The summed E-state index contributed by atoms with van der Waals surface area (Å²) < 4.78 is 22.7. The maximum Gasteiger partial charge on any atom is 0.286 e. The summed E-state index contributed by atoms with van der Waals surface area (Å²) in [6.07, 6.45) is 0. The van der Waals surface area contributed by atoms with Crippen LogP contribution in [0.15, 0.2) is 35.2 Å². The Morgan fingerprint density at radius 1 is 1.14 bits per heavy atom. The van der Waals surface area contributed by atoms with Gasteiger partial charge in [-0.3, -0.25) is 9.59 Å². The van der Waals surface area contributed by atoms with Gasteiger partial charge in [0, 0.05) is 12.7 Å². The number of aryl methyl sites for hydroxylation is 3. The fraction of sp³-hybridized carbons (Fsp3) is 0.263. The molecule has 10 heteroatoms. The molecule has 156 valence electrons. The topological polar surface area (TPSA) is 110 Å². The summed E-state index contributed by atoms with van der Waals surface area (Å²) in [6, 6.07) is 7.73. The molecule has 0 aromatic heterocycles. The Labute approximate surface area is 179 Å². The SMILES string of the molecule is Cc1cc(C)c(N(C)C(=O)SCC(=O)Nc2ccc(S(N)(=O)=O)cc2Cl)c(C)c1. The lowest BCUT2D eigenvalue weighted by Gasteiger charge is -2.22. The fourth-order valence-corrected chi connectivity index (χ4v) is 4.42. The second-order valence-corrected chi connectivity index (χ2v) is 9.49. The largest absolute Gasteiger partial charge is 0.324 e. The lowest BCUT2D eigenvalue weighted by molar-refractivity contribution is -0.113. The number of hydrogen-bond acceptors (Lipinski definition) is 5. The van der Waals surface area contributed by atoms with Crippen LogP contribution < -0.4 is 15.4 Å². The Morgan fingerprint density at radius 3 is 2.24 bits per heavy atom. The van der Waals surface area contributed by atoms with E-state index in [4.69, 9.17) is 16.7 Å². The Hall–Kier alpha value is -2.07. The van der Waals surface area contributed by atoms with Gasteiger partial charge in [0.15, 0.2) is 0 Å². The first-order valence-corrected chi connectivity index (χ1v) is 11.4. The van der Waals surface area contributed by atoms with Gasteiger partial charge in [-0.05, 0) is 50.1 Å². The lowest BCUT2D eigenvalue weighted by atomic mass is 10.0. The molecule has 0 radical (unpaired) electrons. The summed E-state index contributed by atoms with van der Waals surface area (Å²) in [4.78, 5) is 26.1. The van der Waals surface area contributed by atoms with Crippen LogP contribution in [0.2, 0.25) is 5.02 Å². The number of amides is 2. The van der Waals surface area contributed by atoms with Crippen LogP contribution in [0.1, 0.15) is 16.7 Å². The second kappa shape index (κ2) is 9.17. The van der Waals surface area contributed by atoms with Gasteiger partial charge in [-0.15, -0.1) is 0 Å². The summed E-state index contributed by atoms with van der Waals surface area (Å²) in [5.74, 6) is -0.570. The number of carbonyl (C=O) groups is 2. The molecule has 2 aromatic rings. The van der Waals surface area contributed by atoms with Crippen LogP contribution in [-0.4, -0.2) is 32.4 Å². The van der Waals surface area contributed by atoms with Crippen molar-refractivity contribution in [3.63, 3.8) is 0 Å². The van der Waals surface area contributed by atoms with Gasteiger partial charge in [0.25, 0.3) is 5.24 Å². The normalized spacial score (nSPS) is 11.2. The van der Waals surface area contributed by atoms with Crippen LogP contribution in [0.3, 0.4) is 0 Å². The number of hydrogen-bond donors (Lipinski definition) is 2. The summed E-state index contributed by atoms with van der Waals surface area (Å²) in [7, 11) is -2.22. The van der Waals surface area contributed by atoms with Crippen LogP contribution in [-0.2, 0) is 14.8 Å². The monoisotopic (exact) mass is 455 g/mol. The number of benzene rings is 2. The zero-order valence-corrected chi connectivity index (χ0v) is 18.8. The minimum atomic E-state index is -3.89. The van der Waals surface area contributed by atoms with Crippen molar-refractivity contribution in [2.24, 2.45) is 5.14 Å². The van der Waals surface area contributed by atoms with Crippen molar-refractivity contribution in [3.8, 4) is 0 Å². The number of carbonyl (C=O) groups excluding carboxylic acids is 2. The molecule has 0 saturated carbocycles. The first-order valence-electron chi connectivity index (χ1n) is 8.50. The number of rotatable bonds is 5. The highest BCUT2D eigenvalue weighted by molar-refractivity contribution is 8.14. The quantitative estimate of drug-likeness (QED) is 0.711. The molecule has 7 nitrogen and oxygen atoms in total. The Bertz CT molecular complexity index is 1050. The lowest BCUT2D eigenvalue weighted by Crippen LogP contribution is -2.26. The molecule has 2 amide bonds. The van der Waals surface area contributed by atoms with Crippen molar-refractivity contribution in [1.29, 1.82) is 0 Å². The van der Waals surface area contributed by atoms with Crippen LogP contribution >= 0.6 is 23.4 Å². The van der Waals surface area contributed by atoms with Gasteiger partial charge in [-0.25, -0.2) is 13.6 Å². The Kier molecular flexibility index (Phi) is 7.34. The average Bonchev–Trinajstić information content (AvgIpc) is 2.59. The van der Waals surface area contributed by atoms with Crippen molar-refractivity contribution in [2.45, 2.75) is 25.7 Å². The number of nitrogens with zero attached hydrogens (tertiary/aromatic N) is 1. The number of nitrogens with one attached hydrogen (secondary N) is 1. The maximum absolute atomic E-state index is 12.5. The highest BCUT2D eigenvalue weighted by Gasteiger charge is 2.18. The smallest absolute Gasteiger partial charge is 0.286 e. The first-order chi connectivity index (χ1) is 13.4. The molecule has 2 rings (SSSR count). The van der Waals surface area contributed by atoms with Gasteiger partial charge < -0.3 is 10.2 Å². The predicted octanol–water partition coefficient (Wildman–Crippen LogP) is 3.84. The van der Waals surface area contributed by atoms with E-state index in [1.807, 2.05) is 32.9 Å². The highest BCUT2D eigenvalue weighted by atomic mass is 35.5. The zero-order valence-electron chi connectivity index (χ0n) is 16.4. The highest BCUT2D eigenvalue weighted by Crippen LogP contribution is 2.28. The van der Waals surface area contributed by atoms with Crippen molar-refractivity contribution in [1.82, 2.24) is 0 Å². The number of halogens is 1. The fourth-order valence-electron chi connectivity index (χ4n) is 2.98. The van der Waals surface area contributed by atoms with Crippen LogP contribution in [0.4, 0.5) is 16.2 Å². The first kappa shape index (κ1) is 23.2. The molecule has 29 heavy (non-hydrogen) atoms. The molecule has 0 bridgehead atoms. The number of primary sulfonamides is 1. The summed E-state index contributed by atoms with van der Waals surface area (Å²) in [5.41, 5.74) is 4.11. The maximum atomic E-state index is 12.5. The molecule has 0 unspecified atom stereocenters. The van der Waals surface area contributed by atoms with E-state index in [0.29, 0.717) is 0 Å². The standard InChI is InChI=1S/C19H22ClN3O4S2/c1-11-7-12(2)18(13(3)8-11)23(4)19(25)28-10-17(24)22-16-6-5-14(9-15(16)20)29(21,26)27/h5-9H,10H2,1-4H3,(H,22,24)(H2,21,26,27). The number of sulfonamides is 1. The molecule has 3 N–H and O–H groups in total. The minimum Gasteiger partial charge on any atom is -0.324 e. The Balaban J connectivity index is 2.01. The van der Waals surface area contributed by atoms with Crippen LogP contribution in [0.5, 0.6) is 0 Å². The summed E-state index contributed by atoms with van der Waals surface area (Å²) in [6.45, 7) is 5.86. The van der Waals surface area contributed by atoms with E-state index in [-0.39, 0.29) is 26.6 Å². The van der Waals surface area contributed by atoms with Gasteiger partial charge in [0.2, 0.25) is 15.9 Å². The third-order valence-electron chi connectivity index (χ3n) is 4.11. The van der Waals surface area contributed by atoms with Crippen molar-refractivity contribution < 1.29 is 18.0 Å². The number of thioether (sulfide) groups is 1. The van der Waals surface area contributed by atoms with E-state index in [9.17, 15) is 18.0 Å². The molecular formula is C19H22ClN3O4S2. The number of anilines is 2. The summed E-state index contributed by atoms with van der Waals surface area (Å²) >= 11 is 6.86. The second-order valence-electron chi connectivity index (χ2n) is 6.60. The summed E-state index contributed by atoms with van der Waals surface area (Å²) in [5, 5.41) is 7.36. The van der Waals surface area contributed by atoms with E-state index in [1.165, 1.54) is 17.0 Å². The molecule has 2 aromatic carbocycles. The van der Waals surface area contributed by atoms with Gasteiger partial charge >= 0.3 is 0 Å². The van der Waals surface area contributed by atoms with Crippen LogP contribution in [0.25, 0.3) is 0 Å². The van der Waals surface area contributed by atoms with Crippen molar-refractivity contribution in [3.05, 3.63) is 52.0 Å². The molecule has 0 atom stereocenters. The van der Waals surface area contributed by atoms with Crippen molar-refractivity contribution in [2.75, 3.05) is 23.0 Å². The molecular weight excluding hydrogens is 434 g/mol. The Morgan fingerprint density at radius 2 is 1.72 bits per heavy atom. The van der Waals surface area contributed by atoms with E-state index >= 15 is 0 Å². The molecule has 0 fully saturated rings. The number of nitrogens with two attached hydrogens (primary N) is 1. The van der Waals surface area contributed by atoms with Crippen LogP contribution in [0, 0.1) is 20.8 Å². The molecule has 0 aliphatic heterocycles. The minimum absolute atomic E-state index is 0.0317. The molecule has 0 aliphatic rings. The van der Waals surface area contributed by atoms with Gasteiger partial charge in [0.1, 0.15) is 0 Å². The molecule has 0 heterocycles. The van der Waals surface area contributed by atoms with E-state index < -0.39 is 15.9 Å². The van der Waals surface area contributed by atoms with Gasteiger partial charge in [0.05, 0.1) is 21.4 Å². The van der Waals surface area contributed by atoms with Gasteiger partial charge in [-0.1, -0.05) is 41.1 Å². The van der Waals surface area contributed by atoms with E-state index in [2.05, 4.69) is 5.32 Å². The van der Waals surface area contributed by atoms with Gasteiger partial charge in [-0.2, -0.15) is 0 Å². The average molecular weight is 456 g/mol. The molecule has 0 spiro atoms. The van der Waals surface area contributed by atoms with E-state index in [0.717, 1.165) is 40.2 Å².